The molecule has 0 bridgehead atoms. The SMILES string of the molecule is COC(=O)/C(Br)=C/[C@H](C)N(C/C=C/c1ccccc1)S(=O)(=O)c1c(C)cc(C)cc1C. The molecule has 0 N–H and O–H groups in total. The van der Waals surface area contributed by atoms with Gasteiger partial charge in [-0.3, -0.25) is 0 Å². The Morgan fingerprint density at radius 2 is 1.71 bits per heavy atom. The van der Waals surface area contributed by atoms with E-state index in [0.29, 0.717) is 16.0 Å². The van der Waals surface area contributed by atoms with Crippen molar-refractivity contribution in [1.82, 2.24) is 4.31 Å². The number of carbonyl (C=O) groups is 1. The van der Waals surface area contributed by atoms with Crippen molar-refractivity contribution in [2.45, 2.75) is 38.6 Å². The number of carbonyl (C=O) groups excluding carboxylic acids is 1. The highest BCUT2D eigenvalue weighted by Crippen LogP contribution is 2.27. The quantitative estimate of drug-likeness (QED) is 0.367. The molecule has 2 aromatic carbocycles. The van der Waals surface area contributed by atoms with E-state index in [1.807, 2.05) is 61.5 Å². The molecule has 7 heteroatoms. The van der Waals surface area contributed by atoms with Crippen LogP contribution < -0.4 is 0 Å². The highest BCUT2D eigenvalue weighted by molar-refractivity contribution is 9.12. The van der Waals surface area contributed by atoms with Crippen LogP contribution in [0.5, 0.6) is 0 Å². The van der Waals surface area contributed by atoms with Crippen molar-refractivity contribution in [3.8, 4) is 0 Å². The van der Waals surface area contributed by atoms with Gasteiger partial charge >= 0.3 is 5.97 Å². The number of hydrogen-bond donors (Lipinski definition) is 0. The molecule has 0 saturated heterocycles. The second-order valence-electron chi connectivity index (χ2n) is 7.36. The Bertz CT molecular complexity index is 1070. The smallest absolute Gasteiger partial charge is 0.344 e. The number of aryl methyl sites for hydroxylation is 3. The van der Waals surface area contributed by atoms with Gasteiger partial charge in [-0.1, -0.05) is 60.2 Å². The lowest BCUT2D eigenvalue weighted by molar-refractivity contribution is -0.135. The topological polar surface area (TPSA) is 63.7 Å². The third kappa shape index (κ3) is 6.38. The molecule has 0 radical (unpaired) electrons. The van der Waals surface area contributed by atoms with Gasteiger partial charge in [0.2, 0.25) is 10.0 Å². The number of hydrogen-bond acceptors (Lipinski definition) is 4. The first-order valence-electron chi connectivity index (χ1n) is 9.84. The second-order valence-corrected chi connectivity index (χ2v) is 10.0. The normalized spacial score (nSPS) is 13.6. The number of esters is 1. The van der Waals surface area contributed by atoms with Crippen LogP contribution in [0.3, 0.4) is 0 Å². The minimum Gasteiger partial charge on any atom is -0.465 e. The molecule has 31 heavy (non-hydrogen) atoms. The minimum atomic E-state index is -3.85. The molecule has 0 unspecified atom stereocenters. The number of rotatable bonds is 8. The number of methoxy groups -OCH3 is 1. The van der Waals surface area contributed by atoms with Crippen LogP contribution in [0.15, 0.2) is 64.0 Å². The number of benzene rings is 2. The molecular formula is C24H28BrNO4S. The number of nitrogens with zero attached hydrogens (tertiary/aromatic N) is 1. The van der Waals surface area contributed by atoms with Crippen LogP contribution in [0.1, 0.15) is 29.2 Å². The summed E-state index contributed by atoms with van der Waals surface area (Å²) in [6, 6.07) is 12.8. The zero-order chi connectivity index (χ0) is 23.2. The third-order valence-corrected chi connectivity index (χ3v) is 7.64. The van der Waals surface area contributed by atoms with Gasteiger partial charge in [0.25, 0.3) is 0 Å². The Hall–Kier alpha value is -2.22. The molecule has 0 aliphatic heterocycles. The van der Waals surface area contributed by atoms with E-state index in [0.717, 1.165) is 11.1 Å². The van der Waals surface area contributed by atoms with Gasteiger partial charge < -0.3 is 4.74 Å². The molecule has 0 aliphatic carbocycles. The standard InChI is InChI=1S/C24H28BrNO4S/c1-17-14-18(2)23(19(3)15-17)31(28,29)26(20(4)16-22(25)24(27)30-5)13-9-12-21-10-7-6-8-11-21/h6-12,14-16,20H,13H2,1-5H3/b12-9+,22-16-/t20-/m0/s1. The average molecular weight is 506 g/mol. The summed E-state index contributed by atoms with van der Waals surface area (Å²) in [5.41, 5.74) is 3.36. The summed E-state index contributed by atoms with van der Waals surface area (Å²) >= 11 is 3.19. The van der Waals surface area contributed by atoms with Crippen molar-refractivity contribution >= 4 is 38.0 Å². The van der Waals surface area contributed by atoms with Crippen LogP contribution in [0.25, 0.3) is 6.08 Å². The first-order valence-corrected chi connectivity index (χ1v) is 12.1. The summed E-state index contributed by atoms with van der Waals surface area (Å²) in [5, 5.41) is 0. The van der Waals surface area contributed by atoms with E-state index in [1.54, 1.807) is 26.8 Å². The van der Waals surface area contributed by atoms with Crippen LogP contribution in [0.4, 0.5) is 0 Å². The van der Waals surface area contributed by atoms with E-state index >= 15 is 0 Å². The molecule has 0 amide bonds. The fourth-order valence-corrected chi connectivity index (χ4v) is 5.98. The summed E-state index contributed by atoms with van der Waals surface area (Å²) < 4.78 is 33.7. The maximum absolute atomic E-state index is 13.7. The summed E-state index contributed by atoms with van der Waals surface area (Å²) in [6.45, 7) is 7.42. The van der Waals surface area contributed by atoms with Crippen LogP contribution in [0.2, 0.25) is 0 Å². The maximum atomic E-state index is 13.7. The van der Waals surface area contributed by atoms with E-state index in [9.17, 15) is 13.2 Å². The molecule has 0 aliphatic rings. The van der Waals surface area contributed by atoms with Crippen LogP contribution in [-0.2, 0) is 19.6 Å². The monoisotopic (exact) mass is 505 g/mol. The van der Waals surface area contributed by atoms with Crippen LogP contribution in [-0.4, -0.2) is 38.4 Å². The highest BCUT2D eigenvalue weighted by atomic mass is 79.9. The molecule has 0 heterocycles. The average Bonchev–Trinajstić information content (AvgIpc) is 2.69. The predicted octanol–water partition coefficient (Wildman–Crippen LogP) is 5.16. The number of halogens is 1. The predicted molar refractivity (Wildman–Crippen MR) is 129 cm³/mol. The first-order chi connectivity index (χ1) is 14.6. The van der Waals surface area contributed by atoms with Gasteiger partial charge in [-0.2, -0.15) is 4.31 Å². The van der Waals surface area contributed by atoms with Crippen molar-refractivity contribution in [3.05, 3.63) is 81.4 Å². The zero-order valence-electron chi connectivity index (χ0n) is 18.4. The van der Waals surface area contributed by atoms with Crippen molar-refractivity contribution in [1.29, 1.82) is 0 Å². The van der Waals surface area contributed by atoms with Crippen LogP contribution in [0, 0.1) is 20.8 Å². The fraction of sp³-hybridized carbons (Fsp3) is 0.292. The number of ether oxygens (including phenoxy) is 1. The highest BCUT2D eigenvalue weighted by Gasteiger charge is 2.30. The molecular weight excluding hydrogens is 478 g/mol. The first kappa shape index (κ1) is 25.0. The summed E-state index contributed by atoms with van der Waals surface area (Å²) in [7, 11) is -2.57. The second kappa shape index (κ2) is 10.9. The zero-order valence-corrected chi connectivity index (χ0v) is 20.8. The van der Waals surface area contributed by atoms with E-state index in [-0.39, 0.29) is 11.0 Å². The van der Waals surface area contributed by atoms with E-state index in [1.165, 1.54) is 11.4 Å². The van der Waals surface area contributed by atoms with Gasteiger partial charge in [-0.05, 0) is 66.4 Å². The molecule has 0 spiro atoms. The largest absolute Gasteiger partial charge is 0.465 e. The molecule has 166 valence electrons. The van der Waals surface area contributed by atoms with Crippen molar-refractivity contribution in [3.63, 3.8) is 0 Å². The van der Waals surface area contributed by atoms with Crippen molar-refractivity contribution in [2.75, 3.05) is 13.7 Å². The van der Waals surface area contributed by atoms with Gasteiger partial charge in [0.15, 0.2) is 0 Å². The van der Waals surface area contributed by atoms with E-state index < -0.39 is 22.0 Å². The molecule has 0 saturated carbocycles. The van der Waals surface area contributed by atoms with Gasteiger partial charge in [-0.15, -0.1) is 0 Å². The van der Waals surface area contributed by atoms with Crippen molar-refractivity contribution in [2.24, 2.45) is 0 Å². The van der Waals surface area contributed by atoms with Gasteiger partial charge in [0.05, 0.1) is 12.0 Å². The lowest BCUT2D eigenvalue weighted by Crippen LogP contribution is -2.38. The lowest BCUT2D eigenvalue weighted by atomic mass is 10.1. The lowest BCUT2D eigenvalue weighted by Gasteiger charge is -2.27. The van der Waals surface area contributed by atoms with Gasteiger partial charge in [0, 0.05) is 12.6 Å². The van der Waals surface area contributed by atoms with E-state index in [2.05, 4.69) is 15.9 Å². The molecule has 1 atom stereocenters. The molecule has 0 aromatic heterocycles. The van der Waals surface area contributed by atoms with Crippen LogP contribution >= 0.6 is 15.9 Å². The van der Waals surface area contributed by atoms with Gasteiger partial charge in [-0.25, -0.2) is 13.2 Å². The molecule has 0 fully saturated rings. The Morgan fingerprint density at radius 1 is 1.13 bits per heavy atom. The molecule has 2 rings (SSSR count). The summed E-state index contributed by atoms with van der Waals surface area (Å²) in [4.78, 5) is 12.1. The third-order valence-electron chi connectivity index (χ3n) is 4.79. The Balaban J connectivity index is 2.50. The summed E-state index contributed by atoms with van der Waals surface area (Å²) in [5.74, 6) is -0.563. The molecule has 5 nitrogen and oxygen atoms in total. The Kier molecular flexibility index (Phi) is 8.79. The minimum absolute atomic E-state index is 0.142. The van der Waals surface area contributed by atoms with E-state index in [4.69, 9.17) is 4.74 Å². The fourth-order valence-electron chi connectivity index (χ4n) is 3.49. The Labute approximate surface area is 193 Å². The van der Waals surface area contributed by atoms with Gasteiger partial charge in [0.1, 0.15) is 4.48 Å². The summed E-state index contributed by atoms with van der Waals surface area (Å²) in [6.07, 6.45) is 5.23. The maximum Gasteiger partial charge on any atom is 0.344 e. The van der Waals surface area contributed by atoms with Crippen molar-refractivity contribution < 1.29 is 17.9 Å². The Morgan fingerprint density at radius 3 is 2.26 bits per heavy atom. The number of sulfonamides is 1. The molecule has 2 aromatic rings.